The minimum atomic E-state index is -0.676. The van der Waals surface area contributed by atoms with Crippen LogP contribution in [0.15, 0.2) is 24.3 Å². The van der Waals surface area contributed by atoms with E-state index >= 15 is 0 Å². The number of carbonyl (C=O) groups is 1. The molecule has 2 aromatic rings. The average molecular weight is 374 g/mol. The van der Waals surface area contributed by atoms with Gasteiger partial charge in [-0.3, -0.25) is 0 Å². The van der Waals surface area contributed by atoms with E-state index in [9.17, 15) is 18.7 Å². The van der Waals surface area contributed by atoms with Crippen LogP contribution < -0.4 is 5.73 Å². The third-order valence-corrected chi connectivity index (χ3v) is 5.77. The van der Waals surface area contributed by atoms with Crippen LogP contribution in [-0.2, 0) is 5.41 Å². The zero-order valence-corrected chi connectivity index (χ0v) is 14.7. The van der Waals surface area contributed by atoms with Crippen molar-refractivity contribution in [3.8, 4) is 11.3 Å². The monoisotopic (exact) mass is 374 g/mol. The zero-order chi connectivity index (χ0) is 19.2. The lowest BCUT2D eigenvalue weighted by Crippen LogP contribution is -2.46. The minimum absolute atomic E-state index is 0.156. The molecule has 6 nitrogen and oxygen atoms in total. The van der Waals surface area contributed by atoms with Gasteiger partial charge in [0.05, 0.1) is 23.6 Å². The number of benzene rings is 1. The van der Waals surface area contributed by atoms with Crippen LogP contribution in [-0.4, -0.2) is 45.9 Å². The number of aliphatic hydroxyl groups excluding tert-OH is 1. The molecule has 1 saturated carbocycles. The quantitative estimate of drug-likeness (QED) is 0.840. The number of fused-ring (bicyclic) bond motifs is 5. The first-order valence-electron chi connectivity index (χ1n) is 8.93. The Morgan fingerprint density at radius 1 is 1.33 bits per heavy atom. The van der Waals surface area contributed by atoms with E-state index in [-0.39, 0.29) is 35.7 Å². The standard InChI is InChI=1S/C19H20F2N4O2/c20-13-2-1-3-14(21)16(13)15-8-12-11-4-5-19(9-11,17(12)24-23-15)10-25(6-7-26)18(22)27/h1-3,8,11,26H,4-7,9-10H2,(H2,22,27)/t11-,19+/m1/s1. The maximum absolute atomic E-state index is 14.1. The van der Waals surface area contributed by atoms with Gasteiger partial charge in [-0.25, -0.2) is 13.6 Å². The van der Waals surface area contributed by atoms with Crippen LogP contribution in [0.1, 0.15) is 36.4 Å². The fourth-order valence-corrected chi connectivity index (χ4v) is 4.57. The fraction of sp³-hybridized carbons (Fsp3) is 0.421. The molecule has 0 radical (unpaired) electrons. The molecule has 142 valence electrons. The summed E-state index contributed by atoms with van der Waals surface area (Å²) in [7, 11) is 0. The molecule has 0 spiro atoms. The Bertz CT molecular complexity index is 887. The summed E-state index contributed by atoms with van der Waals surface area (Å²) in [6.45, 7) is 0.337. The van der Waals surface area contributed by atoms with E-state index in [1.165, 1.54) is 23.1 Å². The number of hydrogen-bond donors (Lipinski definition) is 2. The van der Waals surface area contributed by atoms with E-state index in [4.69, 9.17) is 5.73 Å². The number of rotatable bonds is 5. The lowest BCUT2D eigenvalue weighted by atomic mass is 9.82. The summed E-state index contributed by atoms with van der Waals surface area (Å²) < 4.78 is 28.2. The highest BCUT2D eigenvalue weighted by Crippen LogP contribution is 2.57. The van der Waals surface area contributed by atoms with Crippen molar-refractivity contribution in [2.24, 2.45) is 5.73 Å². The van der Waals surface area contributed by atoms with Gasteiger partial charge in [0.15, 0.2) is 0 Å². The Morgan fingerprint density at radius 3 is 2.74 bits per heavy atom. The van der Waals surface area contributed by atoms with E-state index in [2.05, 4.69) is 10.2 Å². The Hall–Kier alpha value is -2.61. The molecule has 3 N–H and O–H groups in total. The second-order valence-electron chi connectivity index (χ2n) is 7.33. The first-order valence-corrected chi connectivity index (χ1v) is 8.93. The van der Waals surface area contributed by atoms with Crippen molar-refractivity contribution in [2.45, 2.75) is 30.6 Å². The van der Waals surface area contributed by atoms with Crippen molar-refractivity contribution < 1.29 is 18.7 Å². The molecule has 2 amide bonds. The molecule has 2 atom stereocenters. The van der Waals surface area contributed by atoms with Gasteiger partial charge >= 0.3 is 6.03 Å². The highest BCUT2D eigenvalue weighted by molar-refractivity contribution is 5.72. The number of primary amides is 1. The fourth-order valence-electron chi connectivity index (χ4n) is 4.57. The van der Waals surface area contributed by atoms with Gasteiger partial charge in [-0.1, -0.05) is 6.07 Å². The number of nitrogens with two attached hydrogens (primary N) is 1. The van der Waals surface area contributed by atoms with Crippen LogP contribution in [0, 0.1) is 11.6 Å². The molecule has 0 saturated heterocycles. The van der Waals surface area contributed by atoms with Gasteiger partial charge in [-0.2, -0.15) is 10.2 Å². The number of hydrogen-bond acceptors (Lipinski definition) is 4. The molecule has 8 heteroatoms. The lowest BCUT2D eigenvalue weighted by Gasteiger charge is -2.33. The number of nitrogens with zero attached hydrogens (tertiary/aromatic N) is 3. The molecular formula is C19H20F2N4O2. The highest BCUT2D eigenvalue weighted by atomic mass is 19.1. The Kier molecular flexibility index (Phi) is 4.30. The minimum Gasteiger partial charge on any atom is -0.395 e. The SMILES string of the molecule is NC(=O)N(CCO)C[C@]12CC[C@H](C1)c1cc(-c3c(F)cccc3F)nnc12. The van der Waals surface area contributed by atoms with E-state index in [1.54, 1.807) is 6.07 Å². The summed E-state index contributed by atoms with van der Waals surface area (Å²) in [4.78, 5) is 13.1. The van der Waals surface area contributed by atoms with Gasteiger partial charge in [0, 0.05) is 18.5 Å². The van der Waals surface area contributed by atoms with Gasteiger partial charge in [0.1, 0.15) is 11.6 Å². The van der Waals surface area contributed by atoms with E-state index < -0.39 is 17.7 Å². The molecule has 2 aliphatic rings. The Balaban J connectivity index is 1.72. The highest BCUT2D eigenvalue weighted by Gasteiger charge is 2.52. The first-order chi connectivity index (χ1) is 12.9. The van der Waals surface area contributed by atoms with E-state index in [0.29, 0.717) is 6.54 Å². The summed E-state index contributed by atoms with van der Waals surface area (Å²) in [5.74, 6) is -1.14. The van der Waals surface area contributed by atoms with E-state index in [0.717, 1.165) is 30.5 Å². The number of urea groups is 1. The third-order valence-electron chi connectivity index (χ3n) is 5.77. The van der Waals surface area contributed by atoms with Crippen LogP contribution in [0.3, 0.4) is 0 Å². The van der Waals surface area contributed by atoms with Crippen LogP contribution in [0.5, 0.6) is 0 Å². The third kappa shape index (κ3) is 2.84. The second kappa shape index (κ2) is 6.53. The van der Waals surface area contributed by atoms with Crippen LogP contribution >= 0.6 is 0 Å². The summed E-state index contributed by atoms with van der Waals surface area (Å²) in [6.07, 6.45) is 2.53. The zero-order valence-electron chi connectivity index (χ0n) is 14.7. The molecule has 1 heterocycles. The molecule has 1 aromatic carbocycles. The number of aliphatic hydroxyl groups is 1. The topological polar surface area (TPSA) is 92.3 Å². The molecule has 1 fully saturated rings. The van der Waals surface area contributed by atoms with Crippen LogP contribution in [0.25, 0.3) is 11.3 Å². The average Bonchev–Trinajstić information content (AvgIpc) is 3.18. The summed E-state index contributed by atoms with van der Waals surface area (Å²) in [5.41, 5.74) is 6.76. The number of carbonyl (C=O) groups excluding carboxylic acids is 1. The predicted molar refractivity (Wildman–Crippen MR) is 93.9 cm³/mol. The number of amides is 2. The summed E-state index contributed by atoms with van der Waals surface area (Å²) in [6, 6.07) is 4.83. The van der Waals surface area contributed by atoms with Crippen molar-refractivity contribution in [3.63, 3.8) is 0 Å². The van der Waals surface area contributed by atoms with Crippen LogP contribution in [0.4, 0.5) is 13.6 Å². The van der Waals surface area contributed by atoms with Crippen molar-refractivity contribution in [1.29, 1.82) is 0 Å². The smallest absolute Gasteiger partial charge is 0.314 e. The maximum atomic E-state index is 14.1. The molecule has 4 rings (SSSR count). The molecule has 0 aliphatic heterocycles. The van der Waals surface area contributed by atoms with Crippen molar-refractivity contribution in [2.75, 3.05) is 19.7 Å². The van der Waals surface area contributed by atoms with E-state index in [1.807, 2.05) is 0 Å². The van der Waals surface area contributed by atoms with Crippen molar-refractivity contribution in [3.05, 3.63) is 47.2 Å². The van der Waals surface area contributed by atoms with Gasteiger partial charge in [0.2, 0.25) is 0 Å². The second-order valence-corrected chi connectivity index (χ2v) is 7.33. The van der Waals surface area contributed by atoms with Crippen molar-refractivity contribution in [1.82, 2.24) is 15.1 Å². The van der Waals surface area contributed by atoms with Gasteiger partial charge in [-0.05, 0) is 48.9 Å². The van der Waals surface area contributed by atoms with Gasteiger partial charge in [-0.15, -0.1) is 0 Å². The van der Waals surface area contributed by atoms with Gasteiger partial charge in [0.25, 0.3) is 0 Å². The molecule has 0 unspecified atom stereocenters. The molecule has 2 aliphatic carbocycles. The molecule has 2 bridgehead atoms. The predicted octanol–water partition coefficient (Wildman–Crippen LogP) is 2.31. The Morgan fingerprint density at radius 2 is 2.07 bits per heavy atom. The van der Waals surface area contributed by atoms with Crippen molar-refractivity contribution >= 4 is 6.03 Å². The number of halogens is 2. The summed E-state index contributed by atoms with van der Waals surface area (Å²) >= 11 is 0. The normalized spacial score (nSPS) is 22.7. The number of aromatic nitrogens is 2. The summed E-state index contributed by atoms with van der Waals surface area (Å²) in [5, 5.41) is 17.6. The lowest BCUT2D eigenvalue weighted by molar-refractivity contribution is 0.165. The largest absolute Gasteiger partial charge is 0.395 e. The van der Waals surface area contributed by atoms with Crippen LogP contribution in [0.2, 0.25) is 0 Å². The molecule has 27 heavy (non-hydrogen) atoms. The maximum Gasteiger partial charge on any atom is 0.314 e. The van der Waals surface area contributed by atoms with Gasteiger partial charge < -0.3 is 15.7 Å². The Labute approximate surface area is 155 Å². The molecule has 1 aromatic heterocycles. The molecular weight excluding hydrogens is 354 g/mol. The first kappa shape index (κ1) is 17.8.